The molecule has 4 aliphatic rings. The van der Waals surface area contributed by atoms with E-state index in [0.717, 1.165) is 21.1 Å². The standard InChI is InChI=1S/C31H30F3NO7S3/c32-31(33,34)44(37,38)35-45(39,40)41-21-29-16-22-15-23(17-29)19-30(18-22,20-29)42-28(36)24-11-13-27(14-12-24)43(25-7-3-1-4-8-25)26-9-5-2-6-10-26/h1-14,22-23H,15-21H2. The number of ether oxygens (including phenoxy) is 1. The minimum absolute atomic E-state index is 0.0993. The van der Waals surface area contributed by atoms with Crippen molar-refractivity contribution in [1.29, 1.82) is 0 Å². The van der Waals surface area contributed by atoms with Crippen LogP contribution in [0.5, 0.6) is 0 Å². The van der Waals surface area contributed by atoms with E-state index in [1.165, 1.54) is 0 Å². The Morgan fingerprint density at radius 2 is 1.31 bits per heavy atom. The Morgan fingerprint density at radius 3 is 1.82 bits per heavy atom. The first-order valence-corrected chi connectivity index (χ1v) is 18.3. The molecule has 240 valence electrons. The van der Waals surface area contributed by atoms with Gasteiger partial charge in [-0.15, -0.1) is 0 Å². The van der Waals surface area contributed by atoms with Gasteiger partial charge in [0.15, 0.2) is 24.7 Å². The third-order valence-corrected chi connectivity index (χ3v) is 13.5. The van der Waals surface area contributed by atoms with E-state index in [1.807, 2.05) is 52.7 Å². The molecule has 8 nitrogen and oxygen atoms in total. The van der Waals surface area contributed by atoms with Crippen LogP contribution in [0.2, 0.25) is 0 Å². The second kappa shape index (κ2) is 11.7. The van der Waals surface area contributed by atoms with Crippen LogP contribution in [0.4, 0.5) is 13.2 Å². The van der Waals surface area contributed by atoms with E-state index >= 15 is 0 Å². The Balaban J connectivity index is 1.17. The minimum atomic E-state index is -6.29. The number of benzene rings is 3. The monoisotopic (exact) mass is 681 g/mol. The quantitative estimate of drug-likeness (QED) is 0.171. The van der Waals surface area contributed by atoms with Crippen molar-refractivity contribution in [2.24, 2.45) is 17.3 Å². The predicted molar refractivity (Wildman–Crippen MR) is 160 cm³/mol. The molecule has 0 saturated heterocycles. The number of nitrogens with zero attached hydrogens (tertiary/aromatic N) is 1. The fourth-order valence-electron chi connectivity index (χ4n) is 7.54. The molecule has 4 bridgehead atoms. The number of rotatable bonds is 10. The van der Waals surface area contributed by atoms with E-state index in [2.05, 4.69) is 24.3 Å². The molecule has 0 radical (unpaired) electrons. The second-order valence-electron chi connectivity index (χ2n) is 12.2. The van der Waals surface area contributed by atoms with Gasteiger partial charge in [-0.1, -0.05) is 36.4 Å². The largest absolute Gasteiger partial charge is 0.480 e. The molecule has 45 heavy (non-hydrogen) atoms. The van der Waals surface area contributed by atoms with Crippen molar-refractivity contribution < 1.29 is 43.7 Å². The maximum Gasteiger partial charge on any atom is 0.480 e. The van der Waals surface area contributed by atoms with Crippen molar-refractivity contribution in [1.82, 2.24) is 0 Å². The summed E-state index contributed by atoms with van der Waals surface area (Å²) in [5, 5.41) is 0. The zero-order valence-electron chi connectivity index (χ0n) is 23.9. The number of carbonyl (C=O) groups is 1. The van der Waals surface area contributed by atoms with Gasteiger partial charge in [0.25, 0.3) is 0 Å². The van der Waals surface area contributed by atoms with Crippen LogP contribution in [0.25, 0.3) is 4.13 Å². The topological polar surface area (TPSA) is 118 Å². The van der Waals surface area contributed by atoms with Crippen LogP contribution in [-0.2, 0) is 40.1 Å². The first-order chi connectivity index (χ1) is 21.2. The van der Waals surface area contributed by atoms with Gasteiger partial charge < -0.3 is 8.86 Å². The van der Waals surface area contributed by atoms with Crippen LogP contribution >= 0.6 is 0 Å². The van der Waals surface area contributed by atoms with Gasteiger partial charge in [-0.3, -0.25) is 4.18 Å². The Hall–Kier alpha value is -2.91. The van der Waals surface area contributed by atoms with Crippen LogP contribution in [0.3, 0.4) is 0 Å². The number of alkyl halides is 3. The average molecular weight is 682 g/mol. The number of carbonyl (C=O) groups excluding carboxylic acids is 1. The predicted octanol–water partition coefficient (Wildman–Crippen LogP) is 6.76. The van der Waals surface area contributed by atoms with Crippen LogP contribution in [-0.4, -0.2) is 40.5 Å². The van der Waals surface area contributed by atoms with Crippen molar-refractivity contribution in [3.8, 4) is 0 Å². The van der Waals surface area contributed by atoms with Gasteiger partial charge >= 0.3 is 11.5 Å². The van der Waals surface area contributed by atoms with E-state index in [0.29, 0.717) is 31.2 Å². The lowest BCUT2D eigenvalue weighted by molar-refractivity contribution is -0.174. The Labute approximate surface area is 263 Å². The van der Waals surface area contributed by atoms with E-state index < -0.39 is 60.3 Å². The molecular formula is C31H30F3NO7S3. The third kappa shape index (κ3) is 6.80. The molecule has 4 saturated carbocycles. The highest BCUT2D eigenvalue weighted by molar-refractivity contribution is 8.10. The SMILES string of the molecule is O=C(OC12CC3CC(CC(COS(=O)(=O)[N-]S(=O)(=O)C(F)(F)F)(C3)C1)C2)c1ccc([S+](c2ccccc2)c2ccccc2)cc1. The molecule has 4 aliphatic carbocycles. The summed E-state index contributed by atoms with van der Waals surface area (Å²) in [7, 11) is -12.1. The summed E-state index contributed by atoms with van der Waals surface area (Å²) >= 11 is 0. The summed E-state index contributed by atoms with van der Waals surface area (Å²) in [5.74, 6) is -0.317. The molecule has 0 aromatic heterocycles. The molecular weight excluding hydrogens is 652 g/mol. The van der Waals surface area contributed by atoms with Crippen molar-refractivity contribution in [3.05, 3.63) is 94.6 Å². The lowest BCUT2D eigenvalue weighted by atomic mass is 9.48. The number of esters is 1. The van der Waals surface area contributed by atoms with E-state index in [9.17, 15) is 34.8 Å². The molecule has 7 rings (SSSR count). The van der Waals surface area contributed by atoms with Crippen molar-refractivity contribution in [3.63, 3.8) is 0 Å². The van der Waals surface area contributed by atoms with E-state index in [1.54, 1.807) is 12.1 Å². The van der Waals surface area contributed by atoms with Crippen molar-refractivity contribution in [2.45, 2.75) is 64.3 Å². The number of hydrogen-bond donors (Lipinski definition) is 0. The van der Waals surface area contributed by atoms with Gasteiger partial charge in [-0.05, 0) is 104 Å². The molecule has 0 heterocycles. The summed E-state index contributed by atoms with van der Waals surface area (Å²) in [6, 6.07) is 27.4. The molecule has 3 aromatic carbocycles. The summed E-state index contributed by atoms with van der Waals surface area (Å²) in [4.78, 5) is 16.8. The van der Waals surface area contributed by atoms with Gasteiger partial charge in [0, 0.05) is 0 Å². The second-order valence-corrected chi connectivity index (χ2v) is 17.3. The molecule has 4 fully saturated rings. The van der Waals surface area contributed by atoms with Crippen molar-refractivity contribution >= 4 is 37.2 Å². The Morgan fingerprint density at radius 1 is 0.800 bits per heavy atom. The summed E-state index contributed by atoms with van der Waals surface area (Å²) in [6.07, 6.45) is 3.33. The fourth-order valence-corrected chi connectivity index (χ4v) is 11.5. The molecule has 14 heteroatoms. The molecule has 3 aromatic rings. The highest BCUT2D eigenvalue weighted by Crippen LogP contribution is 2.63. The summed E-state index contributed by atoms with van der Waals surface area (Å²) in [5.41, 5.74) is -7.20. The van der Waals surface area contributed by atoms with Gasteiger partial charge in [0.05, 0.1) is 23.1 Å². The van der Waals surface area contributed by atoms with Crippen LogP contribution < -0.4 is 0 Å². The molecule has 0 amide bonds. The van der Waals surface area contributed by atoms with Crippen LogP contribution in [0, 0.1) is 17.3 Å². The third-order valence-electron chi connectivity index (χ3n) is 8.72. The first kappa shape index (κ1) is 32.0. The fraction of sp³-hybridized carbons (Fsp3) is 0.387. The smallest absolute Gasteiger partial charge is 0.455 e. The van der Waals surface area contributed by atoms with Crippen LogP contribution in [0.15, 0.2) is 99.6 Å². The van der Waals surface area contributed by atoms with E-state index in [-0.39, 0.29) is 18.3 Å². The average Bonchev–Trinajstić information content (AvgIpc) is 2.96. The normalized spacial score (nSPS) is 26.2. The highest BCUT2D eigenvalue weighted by atomic mass is 32.3. The number of sulfonamides is 1. The van der Waals surface area contributed by atoms with Gasteiger partial charge in [0.1, 0.15) is 5.60 Å². The zero-order valence-corrected chi connectivity index (χ0v) is 26.3. The first-order valence-electron chi connectivity index (χ1n) is 14.3. The highest BCUT2D eigenvalue weighted by Gasteiger charge is 2.60. The molecule has 2 atom stereocenters. The lowest BCUT2D eigenvalue weighted by Crippen LogP contribution is -2.58. The Kier molecular flexibility index (Phi) is 8.34. The van der Waals surface area contributed by atoms with Gasteiger partial charge in [-0.25, -0.2) is 21.6 Å². The molecule has 0 aliphatic heterocycles. The number of halogens is 3. The molecule has 2 unspecified atom stereocenters. The van der Waals surface area contributed by atoms with Crippen molar-refractivity contribution in [2.75, 3.05) is 6.61 Å². The summed E-state index contributed by atoms with van der Waals surface area (Å²) < 4.78 is 97.9. The maximum absolute atomic E-state index is 13.5. The van der Waals surface area contributed by atoms with Gasteiger partial charge in [0.2, 0.25) is 10.3 Å². The van der Waals surface area contributed by atoms with Gasteiger partial charge in [-0.2, -0.15) is 13.2 Å². The maximum atomic E-state index is 13.5. The van der Waals surface area contributed by atoms with E-state index in [4.69, 9.17) is 8.92 Å². The lowest BCUT2D eigenvalue weighted by Gasteiger charge is -2.61. The molecule has 0 spiro atoms. The number of hydrogen-bond acceptors (Lipinski definition) is 7. The Bertz CT molecular complexity index is 1710. The molecule has 0 N–H and O–H groups in total. The minimum Gasteiger partial charge on any atom is -0.455 e. The zero-order chi connectivity index (χ0) is 32.1. The summed E-state index contributed by atoms with van der Waals surface area (Å²) in [6.45, 7) is -0.547. The van der Waals surface area contributed by atoms with Crippen LogP contribution in [0.1, 0.15) is 48.9 Å².